The minimum Gasteiger partial charge on any atom is -0.476 e. The summed E-state index contributed by atoms with van der Waals surface area (Å²) < 4.78 is 0. The third-order valence-electron chi connectivity index (χ3n) is 2.71. The van der Waals surface area contributed by atoms with Crippen LogP contribution in [0.4, 0.5) is 5.69 Å². The quantitative estimate of drug-likeness (QED) is 0.894. The number of rotatable bonds is 4. The van der Waals surface area contributed by atoms with Crippen LogP contribution in [-0.2, 0) is 12.0 Å². The zero-order valence-electron chi connectivity index (χ0n) is 12.0. The van der Waals surface area contributed by atoms with Crippen LogP contribution in [0.1, 0.15) is 41.1 Å². The summed E-state index contributed by atoms with van der Waals surface area (Å²) >= 11 is 7.47. The fourth-order valence-electron chi connectivity index (χ4n) is 1.66. The average Bonchev–Trinajstić information content (AvgIpc) is 2.84. The Morgan fingerprint density at radius 1 is 1.38 bits per heavy atom. The van der Waals surface area contributed by atoms with Crippen molar-refractivity contribution in [2.45, 2.75) is 32.7 Å². The molecule has 0 saturated carbocycles. The SMILES string of the molecule is CC(C)(C)c1ncc(CNc2cc(Cl)cnc2C(=O)O)s1. The van der Waals surface area contributed by atoms with E-state index in [2.05, 4.69) is 36.1 Å². The molecule has 0 aliphatic rings. The number of anilines is 1. The van der Waals surface area contributed by atoms with Crippen molar-refractivity contribution >= 4 is 34.6 Å². The minimum absolute atomic E-state index is 0.00670. The molecule has 2 N–H and O–H groups in total. The van der Waals surface area contributed by atoms with Gasteiger partial charge in [0.25, 0.3) is 0 Å². The maximum absolute atomic E-state index is 11.1. The first-order valence-corrected chi connectivity index (χ1v) is 7.54. The van der Waals surface area contributed by atoms with Gasteiger partial charge in [0.2, 0.25) is 0 Å². The fourth-order valence-corrected chi connectivity index (χ4v) is 2.73. The van der Waals surface area contributed by atoms with Gasteiger partial charge in [-0.15, -0.1) is 11.3 Å². The van der Waals surface area contributed by atoms with Gasteiger partial charge in [-0.25, -0.2) is 14.8 Å². The largest absolute Gasteiger partial charge is 0.476 e. The molecule has 0 atom stereocenters. The van der Waals surface area contributed by atoms with Gasteiger partial charge in [-0.3, -0.25) is 0 Å². The number of halogens is 1. The molecule has 0 aliphatic heterocycles. The number of carbonyl (C=O) groups is 1. The third kappa shape index (κ3) is 3.92. The van der Waals surface area contributed by atoms with Crippen molar-refractivity contribution in [1.29, 1.82) is 0 Å². The van der Waals surface area contributed by atoms with Gasteiger partial charge in [-0.05, 0) is 6.07 Å². The van der Waals surface area contributed by atoms with E-state index < -0.39 is 5.97 Å². The Balaban J connectivity index is 2.15. The smallest absolute Gasteiger partial charge is 0.356 e. The van der Waals surface area contributed by atoms with Gasteiger partial charge in [-0.2, -0.15) is 0 Å². The van der Waals surface area contributed by atoms with Crippen LogP contribution in [0.15, 0.2) is 18.5 Å². The Bertz CT molecular complexity index is 664. The summed E-state index contributed by atoms with van der Waals surface area (Å²) in [6.45, 7) is 6.79. The third-order valence-corrected chi connectivity index (χ3v) is 4.33. The Labute approximate surface area is 132 Å². The molecule has 21 heavy (non-hydrogen) atoms. The Morgan fingerprint density at radius 3 is 2.67 bits per heavy atom. The summed E-state index contributed by atoms with van der Waals surface area (Å²) in [6.07, 6.45) is 3.12. The molecule has 0 spiro atoms. The number of thiazole rings is 1. The molecule has 5 nitrogen and oxygen atoms in total. The number of nitrogens with one attached hydrogen (secondary N) is 1. The van der Waals surface area contributed by atoms with E-state index in [-0.39, 0.29) is 11.1 Å². The lowest BCUT2D eigenvalue weighted by molar-refractivity contribution is 0.0691. The van der Waals surface area contributed by atoms with E-state index in [1.165, 1.54) is 6.20 Å². The highest BCUT2D eigenvalue weighted by molar-refractivity contribution is 7.11. The number of carboxylic acids is 1. The van der Waals surface area contributed by atoms with Crippen LogP contribution in [-0.4, -0.2) is 21.0 Å². The lowest BCUT2D eigenvalue weighted by Crippen LogP contribution is -2.09. The molecule has 2 aromatic rings. The molecule has 7 heteroatoms. The second-order valence-corrected chi connectivity index (χ2v) is 7.14. The predicted octanol–water partition coefficient (Wildman–Crippen LogP) is 3.80. The molecule has 2 aromatic heterocycles. The van der Waals surface area contributed by atoms with Crippen molar-refractivity contribution in [2.75, 3.05) is 5.32 Å². The zero-order valence-corrected chi connectivity index (χ0v) is 13.5. The van der Waals surface area contributed by atoms with E-state index >= 15 is 0 Å². The highest BCUT2D eigenvalue weighted by Gasteiger charge is 2.18. The molecule has 112 valence electrons. The van der Waals surface area contributed by atoms with Crippen LogP contribution in [0.5, 0.6) is 0 Å². The zero-order chi connectivity index (χ0) is 15.6. The molecule has 0 unspecified atom stereocenters. The number of hydrogen-bond acceptors (Lipinski definition) is 5. The minimum atomic E-state index is -1.09. The summed E-state index contributed by atoms with van der Waals surface area (Å²) in [5.74, 6) is -1.09. The highest BCUT2D eigenvalue weighted by atomic mass is 35.5. The summed E-state index contributed by atoms with van der Waals surface area (Å²) in [5.41, 5.74) is 0.368. The molecule has 0 bridgehead atoms. The van der Waals surface area contributed by atoms with E-state index in [0.29, 0.717) is 17.3 Å². The Hall–Kier alpha value is -1.66. The lowest BCUT2D eigenvalue weighted by Gasteiger charge is -2.13. The van der Waals surface area contributed by atoms with E-state index in [4.69, 9.17) is 16.7 Å². The van der Waals surface area contributed by atoms with Crippen molar-refractivity contribution in [3.05, 3.63) is 39.1 Å². The second-order valence-electron chi connectivity index (χ2n) is 5.59. The number of carboxylic acid groups (broad SMARTS) is 1. The van der Waals surface area contributed by atoms with Crippen LogP contribution in [0.2, 0.25) is 5.02 Å². The van der Waals surface area contributed by atoms with Gasteiger partial charge in [0, 0.05) is 22.7 Å². The predicted molar refractivity (Wildman–Crippen MR) is 84.3 cm³/mol. The van der Waals surface area contributed by atoms with E-state index in [1.807, 2.05) is 0 Å². The first-order chi connectivity index (χ1) is 9.77. The van der Waals surface area contributed by atoms with Gasteiger partial charge in [0.1, 0.15) is 0 Å². The molecular weight excluding hydrogens is 310 g/mol. The van der Waals surface area contributed by atoms with Crippen LogP contribution in [0.3, 0.4) is 0 Å². The van der Waals surface area contributed by atoms with Crippen molar-refractivity contribution in [3.63, 3.8) is 0 Å². The van der Waals surface area contributed by atoms with Crippen LogP contribution in [0, 0.1) is 0 Å². The van der Waals surface area contributed by atoms with Gasteiger partial charge in [0.05, 0.1) is 22.3 Å². The van der Waals surface area contributed by atoms with Gasteiger partial charge >= 0.3 is 5.97 Å². The van der Waals surface area contributed by atoms with Crippen LogP contribution in [0.25, 0.3) is 0 Å². The average molecular weight is 326 g/mol. The molecule has 2 rings (SSSR count). The summed E-state index contributed by atoms with van der Waals surface area (Å²) in [7, 11) is 0. The number of nitrogens with zero attached hydrogens (tertiary/aromatic N) is 2. The van der Waals surface area contributed by atoms with Crippen molar-refractivity contribution in [3.8, 4) is 0 Å². The number of aromatic carboxylic acids is 1. The molecule has 0 fully saturated rings. The molecule has 0 saturated heterocycles. The monoisotopic (exact) mass is 325 g/mol. The van der Waals surface area contributed by atoms with Gasteiger partial charge < -0.3 is 10.4 Å². The van der Waals surface area contributed by atoms with Crippen LogP contribution >= 0.6 is 22.9 Å². The fraction of sp³-hybridized carbons (Fsp3) is 0.357. The van der Waals surface area contributed by atoms with E-state index in [9.17, 15) is 4.79 Å². The number of hydrogen-bond donors (Lipinski definition) is 2. The van der Waals surface area contributed by atoms with Crippen LogP contribution < -0.4 is 5.32 Å². The highest BCUT2D eigenvalue weighted by Crippen LogP contribution is 2.27. The number of aromatic nitrogens is 2. The van der Waals surface area contributed by atoms with E-state index in [0.717, 1.165) is 9.88 Å². The number of pyridine rings is 1. The first kappa shape index (κ1) is 15.7. The standard InChI is InChI=1S/C14H16ClN3O2S/c1-14(2,3)13-18-7-9(21-13)6-16-10-4-8(15)5-17-11(10)12(19)20/h4-5,7,16H,6H2,1-3H3,(H,19,20). The van der Waals surface area contributed by atoms with Crippen molar-refractivity contribution in [1.82, 2.24) is 9.97 Å². The molecule has 0 amide bonds. The topological polar surface area (TPSA) is 75.1 Å². The summed E-state index contributed by atoms with van der Waals surface area (Å²) in [4.78, 5) is 20.4. The normalized spacial score (nSPS) is 11.4. The molecule has 0 aliphatic carbocycles. The van der Waals surface area contributed by atoms with Crippen molar-refractivity contribution in [2.24, 2.45) is 0 Å². The Morgan fingerprint density at radius 2 is 2.10 bits per heavy atom. The Kier molecular flexibility index (Phi) is 4.49. The van der Waals surface area contributed by atoms with Gasteiger partial charge in [-0.1, -0.05) is 32.4 Å². The maximum atomic E-state index is 11.1. The van der Waals surface area contributed by atoms with E-state index in [1.54, 1.807) is 23.6 Å². The molecule has 0 aromatic carbocycles. The lowest BCUT2D eigenvalue weighted by atomic mass is 9.98. The van der Waals surface area contributed by atoms with Gasteiger partial charge in [0.15, 0.2) is 5.69 Å². The van der Waals surface area contributed by atoms with Crippen molar-refractivity contribution < 1.29 is 9.90 Å². The first-order valence-electron chi connectivity index (χ1n) is 6.35. The second kappa shape index (κ2) is 5.99. The summed E-state index contributed by atoms with van der Waals surface area (Å²) in [5, 5.41) is 13.6. The maximum Gasteiger partial charge on any atom is 0.356 e. The summed E-state index contributed by atoms with van der Waals surface area (Å²) in [6, 6.07) is 1.56. The molecular formula is C14H16ClN3O2S. The molecule has 2 heterocycles. The molecule has 0 radical (unpaired) electrons.